The van der Waals surface area contributed by atoms with Crippen LogP contribution in [0.15, 0.2) is 23.4 Å². The smallest absolute Gasteiger partial charge is 0.309 e. The van der Waals surface area contributed by atoms with Crippen LogP contribution < -0.4 is 0 Å². The summed E-state index contributed by atoms with van der Waals surface area (Å²) in [5.41, 5.74) is 0.803. The van der Waals surface area contributed by atoms with Gasteiger partial charge in [-0.3, -0.25) is 9.10 Å². The fraction of sp³-hybridized carbons (Fsp3) is 0.667. The van der Waals surface area contributed by atoms with Crippen LogP contribution in [0.4, 0.5) is 0 Å². The Kier molecular flexibility index (Phi) is 5.61. The molecule has 0 spiro atoms. The summed E-state index contributed by atoms with van der Waals surface area (Å²) < 4.78 is 24.6. The normalized spacial score (nSPS) is 27.6. The summed E-state index contributed by atoms with van der Waals surface area (Å²) in [7, 11) is -2.74. The van der Waals surface area contributed by atoms with Crippen molar-refractivity contribution in [3.8, 4) is 0 Å². The predicted octanol–water partition coefficient (Wildman–Crippen LogP) is 2.57. The Morgan fingerprint density at radius 3 is 2.33 bits per heavy atom. The molecular formula is C15H25NO4S. The van der Waals surface area contributed by atoms with E-state index in [1.54, 1.807) is 19.9 Å². The van der Waals surface area contributed by atoms with Crippen molar-refractivity contribution in [2.75, 3.05) is 0 Å². The molecule has 0 amide bonds. The van der Waals surface area contributed by atoms with Gasteiger partial charge in [-0.05, 0) is 59.0 Å². The minimum absolute atomic E-state index is 0.0149. The molecule has 0 radical (unpaired) electrons. The standard InChI is InChI=1S/C15H25NO4S/c1-6-11-8-12(9-15(4,5)14(17)18)10(3)16(21(19)20)13(11)7-2/h6-7,10,12,21H,8-9H2,1-5H3,(H,17,18)/b11-6-,13-7+/t10-,12+/m1/s1. The van der Waals surface area contributed by atoms with Crippen molar-refractivity contribution < 1.29 is 18.3 Å². The number of allylic oxidation sites excluding steroid dienone is 3. The van der Waals surface area contributed by atoms with Gasteiger partial charge in [0.1, 0.15) is 0 Å². The van der Waals surface area contributed by atoms with Gasteiger partial charge in [-0.1, -0.05) is 12.2 Å². The Morgan fingerprint density at radius 2 is 1.95 bits per heavy atom. The van der Waals surface area contributed by atoms with Crippen molar-refractivity contribution in [1.82, 2.24) is 4.31 Å². The summed E-state index contributed by atoms with van der Waals surface area (Å²) in [6, 6.07) is -0.236. The highest BCUT2D eigenvalue weighted by atomic mass is 32.2. The SMILES string of the molecule is C/C=C1/C[C@@H](CC(C)(C)C(=O)O)[C@@H](C)N([SH](=O)=O)/C1=C/C. The summed E-state index contributed by atoms with van der Waals surface area (Å²) in [5.74, 6) is -0.870. The van der Waals surface area contributed by atoms with Crippen LogP contribution in [0.3, 0.4) is 0 Å². The number of hydrogen-bond donors (Lipinski definition) is 2. The van der Waals surface area contributed by atoms with E-state index in [0.29, 0.717) is 18.5 Å². The zero-order valence-electron chi connectivity index (χ0n) is 13.3. The molecule has 0 bridgehead atoms. The van der Waals surface area contributed by atoms with Crippen LogP contribution in [0.5, 0.6) is 0 Å². The van der Waals surface area contributed by atoms with Crippen LogP contribution in [0.2, 0.25) is 0 Å². The number of nitrogens with zero attached hydrogens (tertiary/aromatic N) is 1. The van der Waals surface area contributed by atoms with Gasteiger partial charge < -0.3 is 5.11 Å². The van der Waals surface area contributed by atoms with Crippen molar-refractivity contribution in [2.24, 2.45) is 11.3 Å². The van der Waals surface area contributed by atoms with Crippen molar-refractivity contribution >= 4 is 16.9 Å². The molecule has 1 saturated heterocycles. The Bertz CT molecular complexity index is 538. The van der Waals surface area contributed by atoms with Gasteiger partial charge in [0.05, 0.1) is 11.1 Å². The first kappa shape index (κ1) is 17.8. The van der Waals surface area contributed by atoms with Crippen LogP contribution in [-0.2, 0) is 15.7 Å². The Morgan fingerprint density at radius 1 is 1.38 bits per heavy atom. The number of carboxylic acids is 1. The number of hydrogen-bond acceptors (Lipinski definition) is 3. The lowest BCUT2D eigenvalue weighted by Crippen LogP contribution is -2.44. The predicted molar refractivity (Wildman–Crippen MR) is 83.3 cm³/mol. The van der Waals surface area contributed by atoms with Gasteiger partial charge in [-0.15, -0.1) is 0 Å². The summed E-state index contributed by atoms with van der Waals surface area (Å²) in [5, 5.41) is 9.30. The highest BCUT2D eigenvalue weighted by Crippen LogP contribution is 2.40. The van der Waals surface area contributed by atoms with Crippen molar-refractivity contribution in [2.45, 2.75) is 53.5 Å². The van der Waals surface area contributed by atoms with Gasteiger partial charge in [0.25, 0.3) is 0 Å². The number of rotatable bonds is 4. The monoisotopic (exact) mass is 315 g/mol. The van der Waals surface area contributed by atoms with Crippen LogP contribution in [0.1, 0.15) is 47.5 Å². The molecule has 0 unspecified atom stereocenters. The molecule has 0 aromatic rings. The molecule has 2 atom stereocenters. The van der Waals surface area contributed by atoms with Crippen molar-refractivity contribution in [1.29, 1.82) is 0 Å². The lowest BCUT2D eigenvalue weighted by Gasteiger charge is -2.42. The van der Waals surface area contributed by atoms with E-state index >= 15 is 0 Å². The minimum Gasteiger partial charge on any atom is -0.481 e. The lowest BCUT2D eigenvalue weighted by atomic mass is 9.75. The van der Waals surface area contributed by atoms with Crippen molar-refractivity contribution in [3.63, 3.8) is 0 Å². The fourth-order valence-corrected chi connectivity index (χ4v) is 3.84. The molecule has 1 aliphatic heterocycles. The third kappa shape index (κ3) is 3.67. The summed E-state index contributed by atoms with van der Waals surface area (Å²) in [6.07, 6.45) is 4.86. The largest absolute Gasteiger partial charge is 0.481 e. The van der Waals surface area contributed by atoms with Gasteiger partial charge in [-0.2, -0.15) is 0 Å². The van der Waals surface area contributed by atoms with Gasteiger partial charge in [0, 0.05) is 6.04 Å². The van der Waals surface area contributed by atoms with E-state index < -0.39 is 22.3 Å². The quantitative estimate of drug-likeness (QED) is 0.782. The number of carboxylic acid groups (broad SMARTS) is 1. The molecule has 0 aromatic heterocycles. The van der Waals surface area contributed by atoms with Gasteiger partial charge in [-0.25, -0.2) is 8.42 Å². The second kappa shape index (κ2) is 6.64. The van der Waals surface area contributed by atoms with E-state index in [1.807, 2.05) is 26.8 Å². The molecule has 120 valence electrons. The number of thiol groups is 1. The summed E-state index contributed by atoms with van der Waals surface area (Å²) >= 11 is 0. The second-order valence-corrected chi connectivity index (χ2v) is 7.07. The third-order valence-corrected chi connectivity index (χ3v) is 5.21. The van der Waals surface area contributed by atoms with E-state index in [-0.39, 0.29) is 12.0 Å². The molecule has 1 N–H and O–H groups in total. The molecule has 1 fully saturated rings. The first-order chi connectivity index (χ1) is 9.65. The maximum Gasteiger partial charge on any atom is 0.309 e. The lowest BCUT2D eigenvalue weighted by molar-refractivity contribution is -0.148. The summed E-state index contributed by atoms with van der Waals surface area (Å²) in [6.45, 7) is 8.92. The fourth-order valence-electron chi connectivity index (χ4n) is 2.93. The van der Waals surface area contributed by atoms with E-state index in [1.165, 1.54) is 4.31 Å². The molecule has 0 aliphatic carbocycles. The van der Waals surface area contributed by atoms with Gasteiger partial charge >= 0.3 is 5.97 Å². The van der Waals surface area contributed by atoms with E-state index in [2.05, 4.69) is 0 Å². The van der Waals surface area contributed by atoms with Gasteiger partial charge in [0.2, 0.25) is 10.9 Å². The summed E-state index contributed by atoms with van der Waals surface area (Å²) in [4.78, 5) is 11.3. The number of aliphatic carboxylic acids is 1. The average Bonchev–Trinajstić information content (AvgIpc) is 2.39. The van der Waals surface area contributed by atoms with Gasteiger partial charge in [0.15, 0.2) is 0 Å². The highest BCUT2D eigenvalue weighted by molar-refractivity contribution is 7.70. The van der Waals surface area contributed by atoms with Crippen LogP contribution in [0.25, 0.3) is 0 Å². The van der Waals surface area contributed by atoms with Crippen molar-refractivity contribution in [3.05, 3.63) is 23.4 Å². The highest BCUT2D eigenvalue weighted by Gasteiger charge is 2.39. The third-order valence-electron chi connectivity index (χ3n) is 4.28. The molecule has 5 nitrogen and oxygen atoms in total. The molecular weight excluding hydrogens is 290 g/mol. The number of piperidine rings is 1. The zero-order chi connectivity index (χ0) is 16.4. The topological polar surface area (TPSA) is 74.7 Å². The number of carbonyl (C=O) groups is 1. The first-order valence-corrected chi connectivity index (χ1v) is 8.27. The zero-order valence-corrected chi connectivity index (χ0v) is 14.2. The van der Waals surface area contributed by atoms with Crippen LogP contribution in [-0.4, -0.2) is 29.8 Å². The molecule has 0 saturated carbocycles. The van der Waals surface area contributed by atoms with Crippen LogP contribution >= 0.6 is 0 Å². The Labute approximate surface area is 128 Å². The maximum atomic E-state index is 11.6. The molecule has 0 aromatic carbocycles. The second-order valence-electron chi connectivity index (χ2n) is 6.17. The molecule has 21 heavy (non-hydrogen) atoms. The molecule has 1 heterocycles. The Hall–Kier alpha value is -1.30. The van der Waals surface area contributed by atoms with E-state index in [9.17, 15) is 18.3 Å². The van der Waals surface area contributed by atoms with E-state index in [0.717, 1.165) is 5.57 Å². The average molecular weight is 315 g/mol. The molecule has 6 heteroatoms. The molecule has 1 rings (SSSR count). The van der Waals surface area contributed by atoms with Crippen LogP contribution in [0, 0.1) is 11.3 Å². The minimum atomic E-state index is -2.74. The van der Waals surface area contributed by atoms with E-state index in [4.69, 9.17) is 0 Å². The maximum absolute atomic E-state index is 11.6. The first-order valence-electron chi connectivity index (χ1n) is 7.14. The molecule has 1 aliphatic rings. The Balaban J connectivity index is 3.17.